The molecule has 0 aromatic heterocycles. The van der Waals surface area contributed by atoms with Crippen LogP contribution in [0.25, 0.3) is 0 Å². The van der Waals surface area contributed by atoms with Crippen LogP contribution >= 0.6 is 23.2 Å². The summed E-state index contributed by atoms with van der Waals surface area (Å²) in [5.41, 5.74) is 5.10. The number of phenolic OH excluding ortho intramolecular Hbond substituents is 1. The second kappa shape index (κ2) is 6.04. The maximum atomic E-state index is 12.2. The standard InChI is InChI=1S/C13H10Cl2N2O4S/c14-8-5-10(15)12(18)11(6-8)17-22(20,21)9-3-1-7(2-4-9)13(16)19/h1-6,17-18H,(H2,16,19). The fourth-order valence-electron chi connectivity index (χ4n) is 1.65. The van der Waals surface area contributed by atoms with E-state index in [-0.39, 0.29) is 26.2 Å². The molecule has 22 heavy (non-hydrogen) atoms. The van der Waals surface area contributed by atoms with E-state index in [1.807, 2.05) is 0 Å². The molecule has 0 spiro atoms. The van der Waals surface area contributed by atoms with E-state index < -0.39 is 21.7 Å². The normalized spacial score (nSPS) is 11.2. The number of primary amides is 1. The van der Waals surface area contributed by atoms with Crippen molar-refractivity contribution in [3.8, 4) is 5.75 Å². The SMILES string of the molecule is NC(=O)c1ccc(S(=O)(=O)Nc2cc(Cl)cc(Cl)c2O)cc1. The van der Waals surface area contributed by atoms with Crippen LogP contribution in [-0.2, 0) is 10.0 Å². The minimum atomic E-state index is -3.99. The van der Waals surface area contributed by atoms with Crippen molar-refractivity contribution >= 4 is 44.8 Å². The van der Waals surface area contributed by atoms with Crippen LogP contribution in [0.5, 0.6) is 5.75 Å². The van der Waals surface area contributed by atoms with E-state index in [0.29, 0.717) is 0 Å². The monoisotopic (exact) mass is 360 g/mol. The van der Waals surface area contributed by atoms with Crippen molar-refractivity contribution in [1.82, 2.24) is 0 Å². The number of hydrogen-bond acceptors (Lipinski definition) is 4. The van der Waals surface area contributed by atoms with E-state index in [1.165, 1.54) is 36.4 Å². The van der Waals surface area contributed by atoms with Crippen LogP contribution in [-0.4, -0.2) is 19.4 Å². The lowest BCUT2D eigenvalue weighted by molar-refractivity contribution is 0.1000. The number of carbonyl (C=O) groups excluding carboxylic acids is 1. The Labute approximate surface area is 136 Å². The van der Waals surface area contributed by atoms with E-state index in [1.54, 1.807) is 0 Å². The van der Waals surface area contributed by atoms with Gasteiger partial charge in [-0.3, -0.25) is 9.52 Å². The molecule has 1 amide bonds. The summed E-state index contributed by atoms with van der Waals surface area (Å²) in [5, 5.41) is 9.84. The number of nitrogens with one attached hydrogen (secondary N) is 1. The van der Waals surface area contributed by atoms with Crippen LogP contribution in [0, 0.1) is 0 Å². The zero-order valence-corrected chi connectivity index (χ0v) is 13.2. The van der Waals surface area contributed by atoms with Gasteiger partial charge in [0.2, 0.25) is 5.91 Å². The van der Waals surface area contributed by atoms with E-state index in [9.17, 15) is 18.3 Å². The predicted molar refractivity (Wildman–Crippen MR) is 83.9 cm³/mol. The Morgan fingerprint density at radius 3 is 2.27 bits per heavy atom. The molecule has 2 aromatic carbocycles. The van der Waals surface area contributed by atoms with Gasteiger partial charge in [-0.25, -0.2) is 8.42 Å². The Morgan fingerprint density at radius 1 is 1.14 bits per heavy atom. The molecule has 2 rings (SSSR count). The summed E-state index contributed by atoms with van der Waals surface area (Å²) < 4.78 is 26.6. The predicted octanol–water partition coefficient (Wildman–Crippen LogP) is 2.60. The van der Waals surface area contributed by atoms with Gasteiger partial charge in [0.1, 0.15) is 0 Å². The number of hydrogen-bond donors (Lipinski definition) is 3. The van der Waals surface area contributed by atoms with Crippen molar-refractivity contribution in [2.24, 2.45) is 5.73 Å². The van der Waals surface area contributed by atoms with Gasteiger partial charge in [0.05, 0.1) is 15.6 Å². The Morgan fingerprint density at radius 2 is 1.73 bits per heavy atom. The van der Waals surface area contributed by atoms with Crippen molar-refractivity contribution in [2.45, 2.75) is 4.90 Å². The molecule has 116 valence electrons. The number of amides is 1. The van der Waals surface area contributed by atoms with E-state index in [0.717, 1.165) is 0 Å². The number of halogens is 2. The second-order valence-corrected chi connectivity index (χ2v) is 6.80. The topological polar surface area (TPSA) is 109 Å². The van der Waals surface area contributed by atoms with E-state index in [2.05, 4.69) is 4.72 Å². The molecule has 0 fully saturated rings. The molecule has 0 aliphatic rings. The Bertz CT molecular complexity index is 836. The smallest absolute Gasteiger partial charge is 0.262 e. The molecule has 0 heterocycles. The maximum absolute atomic E-state index is 12.2. The highest BCUT2D eigenvalue weighted by Gasteiger charge is 2.18. The molecule has 0 unspecified atom stereocenters. The number of anilines is 1. The van der Waals surface area contributed by atoms with Crippen molar-refractivity contribution in [1.29, 1.82) is 0 Å². The molecule has 9 heteroatoms. The lowest BCUT2D eigenvalue weighted by Gasteiger charge is -2.11. The zero-order chi connectivity index (χ0) is 16.5. The summed E-state index contributed by atoms with van der Waals surface area (Å²) in [6.07, 6.45) is 0. The van der Waals surface area contributed by atoms with Crippen LogP contribution in [0.3, 0.4) is 0 Å². The van der Waals surface area contributed by atoms with Crippen molar-refractivity contribution in [3.05, 3.63) is 52.0 Å². The first-order valence-corrected chi connectivity index (χ1v) is 8.05. The minimum Gasteiger partial charge on any atom is -0.504 e. The van der Waals surface area contributed by atoms with Gasteiger partial charge in [-0.15, -0.1) is 0 Å². The number of sulfonamides is 1. The minimum absolute atomic E-state index is 0.0886. The Hall–Kier alpha value is -1.96. The van der Waals surface area contributed by atoms with Gasteiger partial charge in [0.25, 0.3) is 10.0 Å². The van der Waals surface area contributed by atoms with Gasteiger partial charge >= 0.3 is 0 Å². The highest BCUT2D eigenvalue weighted by atomic mass is 35.5. The number of nitrogens with two attached hydrogens (primary N) is 1. The molecular weight excluding hydrogens is 351 g/mol. The first kappa shape index (κ1) is 16.4. The van der Waals surface area contributed by atoms with Gasteiger partial charge in [0, 0.05) is 10.6 Å². The quantitative estimate of drug-likeness (QED) is 0.727. The van der Waals surface area contributed by atoms with Gasteiger partial charge in [-0.05, 0) is 36.4 Å². The summed E-state index contributed by atoms with van der Waals surface area (Å²) in [4.78, 5) is 10.8. The number of rotatable bonds is 4. The third kappa shape index (κ3) is 3.44. The summed E-state index contributed by atoms with van der Waals surface area (Å²) in [5.74, 6) is -1.11. The van der Waals surface area contributed by atoms with E-state index in [4.69, 9.17) is 28.9 Å². The lowest BCUT2D eigenvalue weighted by atomic mass is 10.2. The second-order valence-electron chi connectivity index (χ2n) is 4.28. The van der Waals surface area contributed by atoms with Crippen molar-refractivity contribution < 1.29 is 18.3 Å². The third-order valence-corrected chi connectivity index (χ3v) is 4.61. The lowest BCUT2D eigenvalue weighted by Crippen LogP contribution is -2.14. The summed E-state index contributed by atoms with van der Waals surface area (Å²) in [6, 6.07) is 7.48. The maximum Gasteiger partial charge on any atom is 0.262 e. The summed E-state index contributed by atoms with van der Waals surface area (Å²) in [7, 11) is -3.99. The largest absolute Gasteiger partial charge is 0.504 e. The molecule has 0 aliphatic heterocycles. The molecule has 4 N–H and O–H groups in total. The molecule has 6 nitrogen and oxygen atoms in total. The number of carbonyl (C=O) groups is 1. The van der Waals surface area contributed by atoms with Crippen LogP contribution in [0.2, 0.25) is 10.0 Å². The van der Waals surface area contributed by atoms with Gasteiger partial charge in [-0.2, -0.15) is 0 Å². The van der Waals surface area contributed by atoms with Gasteiger partial charge < -0.3 is 10.8 Å². The molecule has 0 aliphatic carbocycles. The van der Waals surface area contributed by atoms with Gasteiger partial charge in [0.15, 0.2) is 5.75 Å². The highest BCUT2D eigenvalue weighted by Crippen LogP contribution is 2.36. The number of benzene rings is 2. The first-order valence-electron chi connectivity index (χ1n) is 5.81. The van der Waals surface area contributed by atoms with E-state index >= 15 is 0 Å². The fraction of sp³-hybridized carbons (Fsp3) is 0. The van der Waals surface area contributed by atoms with Crippen LogP contribution < -0.4 is 10.5 Å². The number of aromatic hydroxyl groups is 1. The number of phenols is 1. The summed E-state index contributed by atoms with van der Waals surface area (Å²) >= 11 is 11.5. The molecule has 2 aromatic rings. The molecule has 0 bridgehead atoms. The van der Waals surface area contributed by atoms with Crippen molar-refractivity contribution in [3.63, 3.8) is 0 Å². The van der Waals surface area contributed by atoms with Crippen LogP contribution in [0.1, 0.15) is 10.4 Å². The molecule has 0 saturated carbocycles. The molecule has 0 saturated heterocycles. The average molecular weight is 361 g/mol. The summed E-state index contributed by atoms with van der Waals surface area (Å²) in [6.45, 7) is 0. The van der Waals surface area contributed by atoms with Crippen LogP contribution in [0.4, 0.5) is 5.69 Å². The average Bonchev–Trinajstić information content (AvgIpc) is 2.44. The van der Waals surface area contributed by atoms with Gasteiger partial charge in [-0.1, -0.05) is 23.2 Å². The Balaban J connectivity index is 2.38. The zero-order valence-electron chi connectivity index (χ0n) is 10.9. The molecular formula is C13H10Cl2N2O4S. The fourth-order valence-corrected chi connectivity index (χ4v) is 3.20. The molecule has 0 atom stereocenters. The Kier molecular flexibility index (Phi) is 4.50. The third-order valence-electron chi connectivity index (χ3n) is 2.72. The first-order chi connectivity index (χ1) is 10.2. The molecule has 0 radical (unpaired) electrons. The highest BCUT2D eigenvalue weighted by molar-refractivity contribution is 7.92. The van der Waals surface area contributed by atoms with Crippen molar-refractivity contribution in [2.75, 3.05) is 4.72 Å². The van der Waals surface area contributed by atoms with Crippen LogP contribution in [0.15, 0.2) is 41.3 Å².